The van der Waals surface area contributed by atoms with E-state index in [-0.39, 0.29) is 5.91 Å². The van der Waals surface area contributed by atoms with Gasteiger partial charge in [-0.3, -0.25) is 9.69 Å². The van der Waals surface area contributed by atoms with E-state index in [1.54, 1.807) is 6.92 Å². The SMILES string of the molecule is CC1C(=O)N(C)C(=O)N1Cl. The summed E-state index contributed by atoms with van der Waals surface area (Å²) in [5.41, 5.74) is 0. The number of nitrogens with zero attached hydrogens (tertiary/aromatic N) is 2. The predicted molar refractivity (Wildman–Crippen MR) is 35.3 cm³/mol. The molecule has 1 rings (SSSR count). The first-order chi connectivity index (χ1) is 4.55. The fourth-order valence-corrected chi connectivity index (χ4v) is 0.977. The molecule has 0 aromatic carbocycles. The normalized spacial score (nSPS) is 26.5. The maximum Gasteiger partial charge on any atom is 0.341 e. The summed E-state index contributed by atoms with van der Waals surface area (Å²) in [7, 11) is 1.41. The Morgan fingerprint density at radius 2 is 2.00 bits per heavy atom. The Bertz CT molecular complexity index is 174. The van der Waals surface area contributed by atoms with Crippen LogP contribution in [-0.4, -0.2) is 34.3 Å². The van der Waals surface area contributed by atoms with Crippen molar-refractivity contribution in [2.24, 2.45) is 0 Å². The molecule has 5 heteroatoms. The van der Waals surface area contributed by atoms with E-state index in [1.165, 1.54) is 7.05 Å². The molecular weight excluding hydrogens is 156 g/mol. The zero-order valence-corrected chi connectivity index (χ0v) is 6.42. The molecule has 1 unspecified atom stereocenters. The van der Waals surface area contributed by atoms with E-state index in [0.29, 0.717) is 0 Å². The second-order valence-electron chi connectivity index (χ2n) is 2.17. The summed E-state index contributed by atoms with van der Waals surface area (Å²) >= 11 is 5.42. The fraction of sp³-hybridized carbons (Fsp3) is 0.600. The summed E-state index contributed by atoms with van der Waals surface area (Å²) in [6.07, 6.45) is 0. The molecule has 10 heavy (non-hydrogen) atoms. The third-order valence-corrected chi connectivity index (χ3v) is 1.94. The van der Waals surface area contributed by atoms with Gasteiger partial charge in [-0.05, 0) is 6.92 Å². The van der Waals surface area contributed by atoms with Crippen molar-refractivity contribution in [2.45, 2.75) is 13.0 Å². The maximum absolute atomic E-state index is 10.9. The smallest absolute Gasteiger partial charge is 0.272 e. The molecule has 56 valence electrons. The highest BCUT2D eigenvalue weighted by molar-refractivity contribution is 6.26. The highest BCUT2D eigenvalue weighted by atomic mass is 35.5. The molecule has 3 amide bonds. The summed E-state index contributed by atoms with van der Waals surface area (Å²) in [5, 5.41) is 0. The number of urea groups is 1. The Balaban J connectivity index is 2.89. The molecule has 0 bridgehead atoms. The molecule has 1 saturated heterocycles. The fourth-order valence-electron chi connectivity index (χ4n) is 0.780. The molecule has 0 radical (unpaired) electrons. The van der Waals surface area contributed by atoms with Gasteiger partial charge in [0.15, 0.2) is 0 Å². The summed E-state index contributed by atoms with van der Waals surface area (Å²) in [6, 6.07) is -0.988. The van der Waals surface area contributed by atoms with Crippen molar-refractivity contribution in [3.05, 3.63) is 0 Å². The zero-order chi connectivity index (χ0) is 7.89. The van der Waals surface area contributed by atoms with Gasteiger partial charge >= 0.3 is 6.03 Å². The first-order valence-corrected chi connectivity index (χ1v) is 3.16. The van der Waals surface area contributed by atoms with E-state index in [2.05, 4.69) is 0 Å². The van der Waals surface area contributed by atoms with E-state index >= 15 is 0 Å². The summed E-state index contributed by atoms with van der Waals surface area (Å²) in [6.45, 7) is 1.58. The number of rotatable bonds is 0. The van der Waals surface area contributed by atoms with Crippen LogP contribution < -0.4 is 0 Å². The standard InChI is InChI=1S/C5H7ClN2O2/c1-3-4(9)7(2)5(10)8(3)6/h3H,1-2H3. The highest BCUT2D eigenvalue weighted by Crippen LogP contribution is 2.16. The van der Waals surface area contributed by atoms with Crippen LogP contribution in [0.5, 0.6) is 0 Å². The first-order valence-electron chi connectivity index (χ1n) is 2.82. The van der Waals surface area contributed by atoms with Crippen LogP contribution in [0.2, 0.25) is 0 Å². The molecule has 1 fully saturated rings. The molecule has 1 aliphatic rings. The van der Waals surface area contributed by atoms with Crippen LogP contribution in [0, 0.1) is 0 Å². The highest BCUT2D eigenvalue weighted by Gasteiger charge is 2.39. The van der Waals surface area contributed by atoms with Crippen molar-refractivity contribution < 1.29 is 9.59 Å². The van der Waals surface area contributed by atoms with Crippen molar-refractivity contribution in [2.75, 3.05) is 7.05 Å². The van der Waals surface area contributed by atoms with Gasteiger partial charge in [-0.15, -0.1) is 0 Å². The van der Waals surface area contributed by atoms with Gasteiger partial charge in [-0.25, -0.2) is 9.21 Å². The van der Waals surface area contributed by atoms with Crippen LogP contribution in [0.4, 0.5) is 4.79 Å². The van der Waals surface area contributed by atoms with E-state index in [0.717, 1.165) is 9.32 Å². The maximum atomic E-state index is 10.9. The lowest BCUT2D eigenvalue weighted by atomic mass is 10.3. The summed E-state index contributed by atoms with van der Waals surface area (Å²) in [4.78, 5) is 22.7. The number of imide groups is 1. The minimum atomic E-state index is -0.529. The molecule has 1 aliphatic heterocycles. The average Bonchev–Trinajstić information content (AvgIpc) is 2.07. The number of halogens is 1. The lowest BCUT2D eigenvalue weighted by Gasteiger charge is -2.05. The Morgan fingerprint density at radius 1 is 1.50 bits per heavy atom. The van der Waals surface area contributed by atoms with Gasteiger partial charge in [-0.1, -0.05) is 0 Å². The third kappa shape index (κ3) is 0.759. The van der Waals surface area contributed by atoms with E-state index in [4.69, 9.17) is 11.8 Å². The van der Waals surface area contributed by atoms with Crippen LogP contribution in [-0.2, 0) is 4.79 Å². The van der Waals surface area contributed by atoms with Gasteiger partial charge in [0.2, 0.25) is 0 Å². The molecule has 1 atom stereocenters. The van der Waals surface area contributed by atoms with Crippen molar-refractivity contribution >= 4 is 23.7 Å². The van der Waals surface area contributed by atoms with Crippen molar-refractivity contribution in [3.63, 3.8) is 0 Å². The van der Waals surface area contributed by atoms with Gasteiger partial charge < -0.3 is 0 Å². The molecule has 0 saturated carbocycles. The molecule has 1 heterocycles. The van der Waals surface area contributed by atoms with Crippen LogP contribution in [0.3, 0.4) is 0 Å². The summed E-state index contributed by atoms with van der Waals surface area (Å²) in [5.74, 6) is -0.264. The monoisotopic (exact) mass is 162 g/mol. The summed E-state index contributed by atoms with van der Waals surface area (Å²) < 4.78 is 0.891. The molecule has 4 nitrogen and oxygen atoms in total. The number of amides is 3. The van der Waals surface area contributed by atoms with Gasteiger partial charge in [0, 0.05) is 18.8 Å². The van der Waals surface area contributed by atoms with E-state index in [9.17, 15) is 9.59 Å². The topological polar surface area (TPSA) is 40.6 Å². The van der Waals surface area contributed by atoms with Crippen LogP contribution in [0.25, 0.3) is 0 Å². The van der Waals surface area contributed by atoms with Gasteiger partial charge in [-0.2, -0.15) is 0 Å². The number of carbonyl (C=O) groups is 2. The molecule has 0 aromatic rings. The number of carbonyl (C=O) groups excluding carboxylic acids is 2. The lowest BCUT2D eigenvalue weighted by Crippen LogP contribution is -2.25. The quantitative estimate of drug-likeness (QED) is 0.383. The predicted octanol–water partition coefficient (Wildman–Crippen LogP) is 0.423. The second kappa shape index (κ2) is 2.12. The minimum Gasteiger partial charge on any atom is -0.272 e. The van der Waals surface area contributed by atoms with Crippen molar-refractivity contribution in [1.29, 1.82) is 0 Å². The van der Waals surface area contributed by atoms with Gasteiger partial charge in [0.25, 0.3) is 5.91 Å². The average molecular weight is 163 g/mol. The molecule has 0 aromatic heterocycles. The molecule has 0 aliphatic carbocycles. The number of likely N-dealkylation sites (N-methyl/N-ethyl adjacent to an activating group) is 1. The van der Waals surface area contributed by atoms with Crippen molar-refractivity contribution in [1.82, 2.24) is 9.32 Å². The minimum absolute atomic E-state index is 0.264. The lowest BCUT2D eigenvalue weighted by molar-refractivity contribution is -0.126. The number of hydrogen-bond acceptors (Lipinski definition) is 2. The van der Waals surface area contributed by atoms with Crippen LogP contribution >= 0.6 is 11.8 Å². The second-order valence-corrected chi connectivity index (χ2v) is 2.53. The van der Waals surface area contributed by atoms with E-state index < -0.39 is 12.1 Å². The third-order valence-electron chi connectivity index (χ3n) is 1.50. The number of hydrogen-bond donors (Lipinski definition) is 0. The largest absolute Gasteiger partial charge is 0.341 e. The Morgan fingerprint density at radius 3 is 2.10 bits per heavy atom. The van der Waals surface area contributed by atoms with Gasteiger partial charge in [0.1, 0.15) is 6.04 Å². The Hall–Kier alpha value is -0.770. The molecule has 0 spiro atoms. The Kier molecular flexibility index (Phi) is 1.56. The zero-order valence-electron chi connectivity index (χ0n) is 5.67. The first kappa shape index (κ1) is 7.34. The van der Waals surface area contributed by atoms with Crippen molar-refractivity contribution in [3.8, 4) is 0 Å². The molecular formula is C5H7ClN2O2. The van der Waals surface area contributed by atoms with Crippen LogP contribution in [0.1, 0.15) is 6.92 Å². The van der Waals surface area contributed by atoms with Crippen LogP contribution in [0.15, 0.2) is 0 Å². The van der Waals surface area contributed by atoms with E-state index in [1.807, 2.05) is 0 Å². The Labute approximate surface area is 63.5 Å². The molecule has 0 N–H and O–H groups in total. The van der Waals surface area contributed by atoms with Gasteiger partial charge in [0.05, 0.1) is 0 Å².